The maximum Gasteiger partial charge on any atom is 0.0597 e. The standard InChI is InChI=1S/C10H18ClN3/c1-9-7-10(14(2)13-9)8-12-6-4-3-5-11/h7,12H,3-6,8H2,1-2H3. The van der Waals surface area contributed by atoms with Crippen LogP contribution in [0.1, 0.15) is 24.2 Å². The first-order chi connectivity index (χ1) is 6.74. The molecule has 1 aromatic heterocycles. The van der Waals surface area contributed by atoms with E-state index in [9.17, 15) is 0 Å². The Morgan fingerprint density at radius 3 is 2.86 bits per heavy atom. The summed E-state index contributed by atoms with van der Waals surface area (Å²) in [5, 5.41) is 7.65. The number of hydrogen-bond donors (Lipinski definition) is 1. The fourth-order valence-electron chi connectivity index (χ4n) is 1.39. The van der Waals surface area contributed by atoms with Gasteiger partial charge >= 0.3 is 0 Å². The van der Waals surface area contributed by atoms with E-state index < -0.39 is 0 Å². The molecule has 1 rings (SSSR count). The zero-order valence-corrected chi connectivity index (χ0v) is 9.64. The van der Waals surface area contributed by atoms with Gasteiger partial charge in [0.25, 0.3) is 0 Å². The van der Waals surface area contributed by atoms with Gasteiger partial charge in [0.15, 0.2) is 0 Å². The van der Waals surface area contributed by atoms with E-state index in [2.05, 4.69) is 16.5 Å². The smallest absolute Gasteiger partial charge is 0.0597 e. The molecule has 0 saturated heterocycles. The van der Waals surface area contributed by atoms with Crippen LogP contribution in [0.5, 0.6) is 0 Å². The minimum Gasteiger partial charge on any atom is -0.311 e. The number of alkyl halides is 1. The van der Waals surface area contributed by atoms with Crippen molar-refractivity contribution in [1.82, 2.24) is 15.1 Å². The van der Waals surface area contributed by atoms with Gasteiger partial charge in [-0.15, -0.1) is 11.6 Å². The van der Waals surface area contributed by atoms with Gasteiger partial charge in [0.2, 0.25) is 0 Å². The van der Waals surface area contributed by atoms with Crippen molar-refractivity contribution >= 4 is 11.6 Å². The Hall–Kier alpha value is -0.540. The van der Waals surface area contributed by atoms with E-state index in [0.29, 0.717) is 0 Å². The van der Waals surface area contributed by atoms with Gasteiger partial charge in [0, 0.05) is 19.5 Å². The molecule has 1 aromatic rings. The number of halogens is 1. The number of nitrogens with one attached hydrogen (secondary N) is 1. The normalized spacial score (nSPS) is 10.8. The Morgan fingerprint density at radius 2 is 2.29 bits per heavy atom. The van der Waals surface area contributed by atoms with E-state index in [4.69, 9.17) is 11.6 Å². The van der Waals surface area contributed by atoms with Crippen LogP contribution in [-0.2, 0) is 13.6 Å². The van der Waals surface area contributed by atoms with Gasteiger partial charge in [0.1, 0.15) is 0 Å². The van der Waals surface area contributed by atoms with Gasteiger partial charge in [-0.05, 0) is 32.4 Å². The largest absolute Gasteiger partial charge is 0.311 e. The van der Waals surface area contributed by atoms with Crippen LogP contribution in [0.2, 0.25) is 0 Å². The molecule has 0 aromatic carbocycles. The number of unbranched alkanes of at least 4 members (excludes halogenated alkanes) is 1. The molecule has 4 heteroatoms. The maximum atomic E-state index is 5.58. The Balaban J connectivity index is 2.21. The predicted octanol–water partition coefficient (Wildman–Crippen LogP) is 1.84. The fraction of sp³-hybridized carbons (Fsp3) is 0.700. The van der Waals surface area contributed by atoms with Crippen LogP contribution in [0.25, 0.3) is 0 Å². The quantitative estimate of drug-likeness (QED) is 0.580. The Morgan fingerprint density at radius 1 is 1.50 bits per heavy atom. The molecule has 3 nitrogen and oxygen atoms in total. The molecule has 80 valence electrons. The molecule has 0 saturated carbocycles. The van der Waals surface area contributed by atoms with Gasteiger partial charge in [-0.1, -0.05) is 0 Å². The molecule has 0 aliphatic rings. The average molecular weight is 216 g/mol. The summed E-state index contributed by atoms with van der Waals surface area (Å²) in [6.45, 7) is 3.92. The minimum atomic E-state index is 0.756. The van der Waals surface area contributed by atoms with E-state index in [1.165, 1.54) is 5.69 Å². The molecule has 0 spiro atoms. The van der Waals surface area contributed by atoms with Crippen LogP contribution in [-0.4, -0.2) is 22.2 Å². The number of hydrogen-bond acceptors (Lipinski definition) is 2. The van der Waals surface area contributed by atoms with Gasteiger partial charge in [-0.2, -0.15) is 5.10 Å². The SMILES string of the molecule is Cc1cc(CNCCCCCl)n(C)n1. The fourth-order valence-corrected chi connectivity index (χ4v) is 1.58. The summed E-state index contributed by atoms with van der Waals surface area (Å²) in [6.07, 6.45) is 2.22. The summed E-state index contributed by atoms with van der Waals surface area (Å²) >= 11 is 5.58. The number of rotatable bonds is 6. The topological polar surface area (TPSA) is 29.9 Å². The Bertz CT molecular complexity index is 270. The number of aryl methyl sites for hydroxylation is 2. The van der Waals surface area contributed by atoms with Crippen LogP contribution >= 0.6 is 11.6 Å². The monoisotopic (exact) mass is 215 g/mol. The highest BCUT2D eigenvalue weighted by Crippen LogP contribution is 2.01. The molecular weight excluding hydrogens is 198 g/mol. The van der Waals surface area contributed by atoms with E-state index >= 15 is 0 Å². The van der Waals surface area contributed by atoms with Crippen molar-refractivity contribution < 1.29 is 0 Å². The van der Waals surface area contributed by atoms with E-state index in [1.807, 2.05) is 18.7 Å². The van der Waals surface area contributed by atoms with Crippen molar-refractivity contribution in [1.29, 1.82) is 0 Å². The van der Waals surface area contributed by atoms with Crippen molar-refractivity contribution in [2.45, 2.75) is 26.3 Å². The van der Waals surface area contributed by atoms with Crippen molar-refractivity contribution in [2.24, 2.45) is 7.05 Å². The molecule has 0 bridgehead atoms. The van der Waals surface area contributed by atoms with Crippen molar-refractivity contribution in [3.8, 4) is 0 Å². The van der Waals surface area contributed by atoms with E-state index in [0.717, 1.165) is 37.5 Å². The molecular formula is C10H18ClN3. The summed E-state index contributed by atoms with van der Waals surface area (Å²) in [5.41, 5.74) is 2.30. The van der Waals surface area contributed by atoms with Crippen molar-refractivity contribution in [3.63, 3.8) is 0 Å². The lowest BCUT2D eigenvalue weighted by molar-refractivity contribution is 0.602. The van der Waals surface area contributed by atoms with Crippen molar-refractivity contribution in [3.05, 3.63) is 17.5 Å². The highest BCUT2D eigenvalue weighted by molar-refractivity contribution is 6.17. The van der Waals surface area contributed by atoms with Gasteiger partial charge in [-0.3, -0.25) is 4.68 Å². The zero-order valence-electron chi connectivity index (χ0n) is 8.89. The second-order valence-corrected chi connectivity index (χ2v) is 3.85. The third-order valence-corrected chi connectivity index (χ3v) is 2.41. The lowest BCUT2D eigenvalue weighted by Gasteiger charge is -2.03. The molecule has 0 atom stereocenters. The second kappa shape index (κ2) is 6.04. The third kappa shape index (κ3) is 3.68. The minimum absolute atomic E-state index is 0.756. The predicted molar refractivity (Wildman–Crippen MR) is 59.6 cm³/mol. The van der Waals surface area contributed by atoms with Gasteiger partial charge in [0.05, 0.1) is 11.4 Å². The molecule has 1 N–H and O–H groups in total. The maximum absolute atomic E-state index is 5.58. The lowest BCUT2D eigenvalue weighted by Crippen LogP contribution is -2.16. The van der Waals surface area contributed by atoms with Crippen molar-refractivity contribution in [2.75, 3.05) is 12.4 Å². The summed E-state index contributed by atoms with van der Waals surface area (Å²) in [5.74, 6) is 0.756. The van der Waals surface area contributed by atoms with Crippen LogP contribution in [0.4, 0.5) is 0 Å². The molecule has 1 heterocycles. The molecule has 14 heavy (non-hydrogen) atoms. The summed E-state index contributed by atoms with van der Waals surface area (Å²) in [7, 11) is 1.97. The first-order valence-electron chi connectivity index (χ1n) is 5.00. The van der Waals surface area contributed by atoms with E-state index in [1.54, 1.807) is 0 Å². The summed E-state index contributed by atoms with van der Waals surface area (Å²) in [6, 6.07) is 2.11. The Labute approximate surface area is 90.4 Å². The third-order valence-electron chi connectivity index (χ3n) is 2.14. The van der Waals surface area contributed by atoms with Gasteiger partial charge in [-0.25, -0.2) is 0 Å². The van der Waals surface area contributed by atoms with E-state index in [-0.39, 0.29) is 0 Å². The van der Waals surface area contributed by atoms with Gasteiger partial charge < -0.3 is 5.32 Å². The number of nitrogens with zero attached hydrogens (tertiary/aromatic N) is 2. The first-order valence-corrected chi connectivity index (χ1v) is 5.53. The van der Waals surface area contributed by atoms with Crippen LogP contribution in [0.15, 0.2) is 6.07 Å². The van der Waals surface area contributed by atoms with Crippen LogP contribution in [0.3, 0.4) is 0 Å². The first kappa shape index (κ1) is 11.5. The molecule has 0 fully saturated rings. The second-order valence-electron chi connectivity index (χ2n) is 3.47. The molecule has 0 aliphatic heterocycles. The lowest BCUT2D eigenvalue weighted by atomic mass is 10.3. The Kier molecular flexibility index (Phi) is 4.98. The van der Waals surface area contributed by atoms with Crippen LogP contribution in [0, 0.1) is 6.92 Å². The summed E-state index contributed by atoms with van der Waals surface area (Å²) < 4.78 is 1.92. The molecule has 0 radical (unpaired) electrons. The summed E-state index contributed by atoms with van der Waals surface area (Å²) in [4.78, 5) is 0. The zero-order chi connectivity index (χ0) is 10.4. The van der Waals surface area contributed by atoms with Crippen LogP contribution < -0.4 is 5.32 Å². The number of aromatic nitrogens is 2. The molecule has 0 amide bonds. The highest BCUT2D eigenvalue weighted by atomic mass is 35.5. The molecule has 0 unspecified atom stereocenters. The average Bonchev–Trinajstić information content (AvgIpc) is 2.45. The highest BCUT2D eigenvalue weighted by Gasteiger charge is 2.00. The molecule has 0 aliphatic carbocycles.